The van der Waals surface area contributed by atoms with Crippen LogP contribution in [0.25, 0.3) is 10.9 Å². The van der Waals surface area contributed by atoms with Crippen molar-refractivity contribution in [2.24, 2.45) is 0 Å². The predicted octanol–water partition coefficient (Wildman–Crippen LogP) is 4.13. The predicted molar refractivity (Wildman–Crippen MR) is 96.2 cm³/mol. The molecule has 1 saturated heterocycles. The maximum Gasteiger partial charge on any atom is 0.140 e. The molecule has 0 unspecified atom stereocenters. The summed E-state index contributed by atoms with van der Waals surface area (Å²) in [6.07, 6.45) is 4.10. The van der Waals surface area contributed by atoms with E-state index >= 15 is 0 Å². The quantitative estimate of drug-likeness (QED) is 0.773. The molecule has 0 spiro atoms. The van der Waals surface area contributed by atoms with Crippen LogP contribution in [0.1, 0.15) is 35.7 Å². The fourth-order valence-corrected chi connectivity index (χ4v) is 3.89. The van der Waals surface area contributed by atoms with E-state index in [1.165, 1.54) is 22.2 Å². The number of para-hydroxylation sites is 1. The Hall–Kier alpha value is -2.80. The van der Waals surface area contributed by atoms with Gasteiger partial charge in [0.05, 0.1) is 11.9 Å². The van der Waals surface area contributed by atoms with Gasteiger partial charge in [-0.1, -0.05) is 18.2 Å². The molecule has 4 heteroatoms. The summed E-state index contributed by atoms with van der Waals surface area (Å²) < 4.78 is 0. The van der Waals surface area contributed by atoms with E-state index in [1.807, 2.05) is 12.3 Å². The van der Waals surface area contributed by atoms with Crippen molar-refractivity contribution in [3.05, 3.63) is 59.5 Å². The number of fused-ring (bicyclic) bond motifs is 1. The smallest absolute Gasteiger partial charge is 0.140 e. The maximum atomic E-state index is 8.86. The van der Waals surface area contributed by atoms with Gasteiger partial charge in [-0.15, -0.1) is 0 Å². The van der Waals surface area contributed by atoms with Crippen LogP contribution in [-0.4, -0.2) is 23.1 Å². The largest absolute Gasteiger partial charge is 0.370 e. The summed E-state index contributed by atoms with van der Waals surface area (Å²) in [5.41, 5.74) is 5.62. The molecule has 2 aromatic heterocycles. The van der Waals surface area contributed by atoms with Gasteiger partial charge in [-0.2, -0.15) is 5.26 Å². The third kappa shape index (κ3) is 2.52. The number of H-pyrrole nitrogens is 1. The number of hydrogen-bond donors (Lipinski definition) is 1. The van der Waals surface area contributed by atoms with Gasteiger partial charge >= 0.3 is 0 Å². The normalized spacial score (nSPS) is 15.6. The molecular weight excluding hydrogens is 296 g/mol. The average molecular weight is 316 g/mol. The SMILES string of the molecule is Cc1[nH]c2ccccc2c1C1CCN(c2ccc(C#N)nc2)CC1. The van der Waals surface area contributed by atoms with Gasteiger partial charge in [0.2, 0.25) is 0 Å². The molecule has 120 valence electrons. The highest BCUT2D eigenvalue weighted by atomic mass is 15.1. The van der Waals surface area contributed by atoms with Gasteiger partial charge in [0.25, 0.3) is 0 Å². The Bertz CT molecular complexity index is 894. The Morgan fingerprint density at radius 3 is 2.67 bits per heavy atom. The number of pyridine rings is 1. The van der Waals surface area contributed by atoms with E-state index in [1.54, 1.807) is 6.07 Å². The molecule has 4 rings (SSSR count). The standard InChI is InChI=1S/C20H20N4/c1-14-20(18-4-2-3-5-19(18)23-14)15-8-10-24(11-9-15)17-7-6-16(12-21)22-13-17/h2-7,13,15,23H,8-11H2,1H3. The molecule has 1 fully saturated rings. The summed E-state index contributed by atoms with van der Waals surface area (Å²) >= 11 is 0. The molecule has 0 amide bonds. The van der Waals surface area contributed by atoms with Crippen molar-refractivity contribution in [1.29, 1.82) is 5.26 Å². The van der Waals surface area contributed by atoms with Crippen LogP contribution >= 0.6 is 0 Å². The van der Waals surface area contributed by atoms with Gasteiger partial charge in [0.1, 0.15) is 11.8 Å². The molecule has 0 atom stereocenters. The Kier molecular flexibility index (Phi) is 3.70. The number of rotatable bonds is 2. The molecule has 3 heterocycles. The Morgan fingerprint density at radius 1 is 1.17 bits per heavy atom. The zero-order valence-corrected chi connectivity index (χ0v) is 13.8. The summed E-state index contributed by atoms with van der Waals surface area (Å²) in [4.78, 5) is 10.1. The number of hydrogen-bond acceptors (Lipinski definition) is 3. The zero-order valence-electron chi connectivity index (χ0n) is 13.8. The molecule has 0 bridgehead atoms. The molecule has 24 heavy (non-hydrogen) atoms. The number of aromatic amines is 1. The van der Waals surface area contributed by atoms with Crippen LogP contribution in [0.3, 0.4) is 0 Å². The van der Waals surface area contributed by atoms with E-state index in [0.717, 1.165) is 31.6 Å². The van der Waals surface area contributed by atoms with Crippen LogP contribution in [0.2, 0.25) is 0 Å². The molecule has 0 saturated carbocycles. The lowest BCUT2D eigenvalue weighted by Crippen LogP contribution is -2.33. The van der Waals surface area contributed by atoms with Crippen molar-refractivity contribution in [2.75, 3.05) is 18.0 Å². The van der Waals surface area contributed by atoms with Crippen LogP contribution in [-0.2, 0) is 0 Å². The lowest BCUT2D eigenvalue weighted by Gasteiger charge is -2.33. The maximum absolute atomic E-state index is 8.86. The number of anilines is 1. The van der Waals surface area contributed by atoms with Crippen molar-refractivity contribution in [3.63, 3.8) is 0 Å². The van der Waals surface area contributed by atoms with E-state index in [2.05, 4.69) is 52.1 Å². The van der Waals surface area contributed by atoms with Crippen LogP contribution in [0.5, 0.6) is 0 Å². The van der Waals surface area contributed by atoms with Crippen molar-refractivity contribution in [2.45, 2.75) is 25.7 Å². The van der Waals surface area contributed by atoms with Crippen molar-refractivity contribution in [3.8, 4) is 6.07 Å². The Labute approximate surface area is 141 Å². The van der Waals surface area contributed by atoms with Gasteiger partial charge in [-0.05, 0) is 49.4 Å². The Balaban J connectivity index is 1.53. The average Bonchev–Trinajstić information content (AvgIpc) is 2.98. The first-order chi connectivity index (χ1) is 11.8. The van der Waals surface area contributed by atoms with Crippen LogP contribution in [0.4, 0.5) is 5.69 Å². The molecule has 1 aliphatic heterocycles. The highest BCUT2D eigenvalue weighted by molar-refractivity contribution is 5.85. The third-order valence-electron chi connectivity index (χ3n) is 5.07. The second kappa shape index (κ2) is 6.01. The summed E-state index contributed by atoms with van der Waals surface area (Å²) in [6, 6.07) is 14.5. The van der Waals surface area contributed by atoms with Crippen LogP contribution < -0.4 is 4.90 Å². The second-order valence-corrected chi connectivity index (χ2v) is 6.48. The minimum atomic E-state index is 0.475. The number of aryl methyl sites for hydroxylation is 1. The summed E-state index contributed by atoms with van der Waals surface area (Å²) in [7, 11) is 0. The molecular formula is C20H20N4. The van der Waals surface area contributed by atoms with E-state index in [-0.39, 0.29) is 0 Å². The van der Waals surface area contributed by atoms with Crippen LogP contribution in [0.15, 0.2) is 42.6 Å². The first-order valence-corrected chi connectivity index (χ1v) is 8.44. The topological polar surface area (TPSA) is 55.7 Å². The fourth-order valence-electron chi connectivity index (χ4n) is 3.89. The molecule has 0 radical (unpaired) electrons. The van der Waals surface area contributed by atoms with E-state index in [9.17, 15) is 0 Å². The number of aromatic nitrogens is 2. The number of nitrogens with zero attached hydrogens (tertiary/aromatic N) is 3. The highest BCUT2D eigenvalue weighted by Crippen LogP contribution is 2.36. The highest BCUT2D eigenvalue weighted by Gasteiger charge is 2.24. The van der Waals surface area contributed by atoms with Gasteiger partial charge < -0.3 is 9.88 Å². The first kappa shape index (κ1) is 14.8. The molecule has 1 aliphatic rings. The van der Waals surface area contributed by atoms with E-state index in [0.29, 0.717) is 11.6 Å². The van der Waals surface area contributed by atoms with Crippen molar-refractivity contribution < 1.29 is 0 Å². The first-order valence-electron chi connectivity index (χ1n) is 8.44. The minimum Gasteiger partial charge on any atom is -0.370 e. The van der Waals surface area contributed by atoms with Crippen molar-refractivity contribution >= 4 is 16.6 Å². The Morgan fingerprint density at radius 2 is 1.96 bits per heavy atom. The van der Waals surface area contributed by atoms with Crippen LogP contribution in [0, 0.1) is 18.3 Å². The summed E-state index contributed by atoms with van der Waals surface area (Å²) in [5, 5.41) is 10.2. The summed E-state index contributed by atoms with van der Waals surface area (Å²) in [6.45, 7) is 4.24. The minimum absolute atomic E-state index is 0.475. The second-order valence-electron chi connectivity index (χ2n) is 6.48. The van der Waals surface area contributed by atoms with E-state index < -0.39 is 0 Å². The molecule has 0 aliphatic carbocycles. The zero-order chi connectivity index (χ0) is 16.5. The monoisotopic (exact) mass is 316 g/mol. The number of nitrogens with one attached hydrogen (secondary N) is 1. The van der Waals surface area contributed by atoms with Gasteiger partial charge in [0, 0.05) is 29.7 Å². The lowest BCUT2D eigenvalue weighted by molar-refractivity contribution is 0.506. The van der Waals surface area contributed by atoms with Gasteiger partial charge in [-0.3, -0.25) is 0 Å². The lowest BCUT2D eigenvalue weighted by atomic mass is 9.87. The van der Waals surface area contributed by atoms with Crippen molar-refractivity contribution in [1.82, 2.24) is 9.97 Å². The molecule has 4 nitrogen and oxygen atoms in total. The fraction of sp³-hybridized carbons (Fsp3) is 0.300. The van der Waals surface area contributed by atoms with Gasteiger partial charge in [0.15, 0.2) is 0 Å². The molecule has 3 aromatic rings. The number of piperidine rings is 1. The van der Waals surface area contributed by atoms with Gasteiger partial charge in [-0.25, -0.2) is 4.98 Å². The van der Waals surface area contributed by atoms with E-state index in [4.69, 9.17) is 5.26 Å². The summed E-state index contributed by atoms with van der Waals surface area (Å²) in [5.74, 6) is 0.601. The molecule has 1 N–H and O–H groups in total. The third-order valence-corrected chi connectivity index (χ3v) is 5.07. The molecule has 1 aromatic carbocycles. The number of nitriles is 1. The number of benzene rings is 1.